The topological polar surface area (TPSA) is 46.5 Å². The second-order valence-corrected chi connectivity index (χ2v) is 5.56. The lowest BCUT2D eigenvalue weighted by molar-refractivity contribution is -0.131. The van der Waals surface area contributed by atoms with Gasteiger partial charge in [-0.05, 0) is 30.2 Å². The van der Waals surface area contributed by atoms with Crippen LogP contribution in [0.2, 0.25) is 0 Å². The van der Waals surface area contributed by atoms with Gasteiger partial charge in [-0.3, -0.25) is 0 Å². The third kappa shape index (κ3) is 9.22. The van der Waals surface area contributed by atoms with Crippen molar-refractivity contribution in [2.75, 3.05) is 6.61 Å². The van der Waals surface area contributed by atoms with Crippen molar-refractivity contribution in [1.82, 2.24) is 0 Å². The van der Waals surface area contributed by atoms with Crippen molar-refractivity contribution in [3.05, 3.63) is 35.9 Å². The quantitative estimate of drug-likeness (QED) is 0.421. The van der Waals surface area contributed by atoms with Crippen LogP contribution in [0.3, 0.4) is 0 Å². The molecule has 0 radical (unpaired) electrons. The van der Waals surface area contributed by atoms with E-state index in [1.165, 1.54) is 44.9 Å². The molecule has 0 heterocycles. The minimum Gasteiger partial charge on any atom is -0.494 e. The van der Waals surface area contributed by atoms with Crippen molar-refractivity contribution in [2.24, 2.45) is 0 Å². The SMILES string of the molecule is CCCCCCCCCCOc1ccc(/C=C\C(=O)O)cc1. The molecule has 0 aliphatic rings. The molecule has 1 aromatic rings. The van der Waals surface area contributed by atoms with Crippen LogP contribution in [0.5, 0.6) is 5.75 Å². The molecule has 0 unspecified atom stereocenters. The highest BCUT2D eigenvalue weighted by atomic mass is 16.5. The molecule has 0 spiro atoms. The molecule has 3 nitrogen and oxygen atoms in total. The molecule has 0 aliphatic carbocycles. The van der Waals surface area contributed by atoms with E-state index in [0.717, 1.165) is 30.4 Å². The van der Waals surface area contributed by atoms with E-state index in [9.17, 15) is 4.79 Å². The molecule has 0 saturated heterocycles. The Morgan fingerprint density at radius 1 is 1.00 bits per heavy atom. The van der Waals surface area contributed by atoms with Crippen LogP contribution >= 0.6 is 0 Å². The standard InChI is InChI=1S/C19H28O3/c1-2-3-4-5-6-7-8-9-16-22-18-13-10-17(11-14-18)12-15-19(20)21/h10-15H,2-9,16H2,1H3,(H,20,21)/b15-12-. The van der Waals surface area contributed by atoms with E-state index < -0.39 is 5.97 Å². The van der Waals surface area contributed by atoms with E-state index >= 15 is 0 Å². The monoisotopic (exact) mass is 304 g/mol. The van der Waals surface area contributed by atoms with Crippen molar-refractivity contribution in [2.45, 2.75) is 58.3 Å². The summed E-state index contributed by atoms with van der Waals surface area (Å²) >= 11 is 0. The van der Waals surface area contributed by atoms with Gasteiger partial charge in [0.05, 0.1) is 6.61 Å². The Kier molecular flexibility index (Phi) is 9.84. The number of rotatable bonds is 12. The maximum absolute atomic E-state index is 10.4. The second-order valence-electron chi connectivity index (χ2n) is 5.56. The highest BCUT2D eigenvalue weighted by molar-refractivity contribution is 5.85. The number of carboxylic acid groups (broad SMARTS) is 1. The van der Waals surface area contributed by atoms with E-state index in [1.807, 2.05) is 24.3 Å². The van der Waals surface area contributed by atoms with E-state index in [1.54, 1.807) is 6.08 Å². The van der Waals surface area contributed by atoms with Gasteiger partial charge in [-0.2, -0.15) is 0 Å². The molecule has 0 amide bonds. The minimum atomic E-state index is -0.935. The normalized spacial score (nSPS) is 11.0. The molecule has 1 rings (SSSR count). The van der Waals surface area contributed by atoms with Crippen molar-refractivity contribution in [3.8, 4) is 5.75 Å². The van der Waals surface area contributed by atoms with Gasteiger partial charge in [-0.15, -0.1) is 0 Å². The number of ether oxygens (including phenoxy) is 1. The zero-order valence-corrected chi connectivity index (χ0v) is 13.6. The fourth-order valence-corrected chi connectivity index (χ4v) is 2.27. The molecule has 22 heavy (non-hydrogen) atoms. The van der Waals surface area contributed by atoms with Gasteiger partial charge in [0.1, 0.15) is 5.75 Å². The summed E-state index contributed by atoms with van der Waals surface area (Å²) in [4.78, 5) is 10.4. The van der Waals surface area contributed by atoms with Crippen LogP contribution in [0.1, 0.15) is 63.9 Å². The number of hydrogen-bond acceptors (Lipinski definition) is 2. The predicted octanol–water partition coefficient (Wildman–Crippen LogP) is 5.30. The van der Waals surface area contributed by atoms with E-state index in [-0.39, 0.29) is 0 Å². The Hall–Kier alpha value is -1.77. The Labute approximate surface area is 134 Å². The zero-order chi connectivity index (χ0) is 16.0. The Bertz CT molecular complexity index is 434. The fraction of sp³-hybridized carbons (Fsp3) is 0.526. The van der Waals surface area contributed by atoms with Gasteiger partial charge in [-0.25, -0.2) is 4.79 Å². The first-order valence-electron chi connectivity index (χ1n) is 8.36. The molecule has 122 valence electrons. The first-order chi connectivity index (χ1) is 10.7. The van der Waals surface area contributed by atoms with Crippen LogP contribution in [0, 0.1) is 0 Å². The highest BCUT2D eigenvalue weighted by Gasteiger charge is 1.96. The molecule has 0 bridgehead atoms. The molecule has 0 atom stereocenters. The molecular formula is C19H28O3. The average molecular weight is 304 g/mol. The molecule has 1 N–H and O–H groups in total. The van der Waals surface area contributed by atoms with Crippen molar-refractivity contribution in [1.29, 1.82) is 0 Å². The van der Waals surface area contributed by atoms with Gasteiger partial charge in [-0.1, -0.05) is 64.0 Å². The third-order valence-corrected chi connectivity index (χ3v) is 3.57. The number of aliphatic carboxylic acids is 1. The van der Waals surface area contributed by atoms with Crippen LogP contribution in [0.15, 0.2) is 30.3 Å². The highest BCUT2D eigenvalue weighted by Crippen LogP contribution is 2.14. The van der Waals surface area contributed by atoms with Gasteiger partial charge in [0.2, 0.25) is 0 Å². The lowest BCUT2D eigenvalue weighted by Crippen LogP contribution is -1.97. The van der Waals surface area contributed by atoms with Crippen molar-refractivity contribution >= 4 is 12.0 Å². The van der Waals surface area contributed by atoms with Gasteiger partial charge in [0.25, 0.3) is 0 Å². The molecule has 0 aromatic heterocycles. The molecule has 0 fully saturated rings. The number of unbranched alkanes of at least 4 members (excludes halogenated alkanes) is 7. The minimum absolute atomic E-state index is 0.749. The smallest absolute Gasteiger partial charge is 0.328 e. The summed E-state index contributed by atoms with van der Waals surface area (Å²) in [6, 6.07) is 7.49. The lowest BCUT2D eigenvalue weighted by Gasteiger charge is -2.06. The maximum atomic E-state index is 10.4. The Morgan fingerprint density at radius 2 is 1.59 bits per heavy atom. The summed E-state index contributed by atoms with van der Waals surface area (Å²) in [5.41, 5.74) is 0.863. The summed E-state index contributed by atoms with van der Waals surface area (Å²) in [5, 5.41) is 8.57. The van der Waals surface area contributed by atoms with Crippen LogP contribution in [-0.4, -0.2) is 17.7 Å². The summed E-state index contributed by atoms with van der Waals surface area (Å²) < 4.78 is 5.69. The Morgan fingerprint density at radius 3 is 2.18 bits per heavy atom. The fourth-order valence-electron chi connectivity index (χ4n) is 2.27. The molecule has 0 aliphatic heterocycles. The van der Waals surface area contributed by atoms with Crippen LogP contribution in [0.4, 0.5) is 0 Å². The maximum Gasteiger partial charge on any atom is 0.328 e. The van der Waals surface area contributed by atoms with E-state index in [2.05, 4.69) is 6.92 Å². The van der Waals surface area contributed by atoms with Gasteiger partial charge in [0, 0.05) is 6.08 Å². The number of carboxylic acids is 1. The first-order valence-corrected chi connectivity index (χ1v) is 8.36. The molecule has 3 heteroatoms. The number of benzene rings is 1. The molecular weight excluding hydrogens is 276 g/mol. The Balaban J connectivity index is 2.09. The summed E-state index contributed by atoms with van der Waals surface area (Å²) in [5.74, 6) is -0.0922. The predicted molar refractivity (Wildman–Crippen MR) is 91.2 cm³/mol. The van der Waals surface area contributed by atoms with Crippen LogP contribution < -0.4 is 4.74 Å². The van der Waals surface area contributed by atoms with Gasteiger partial charge >= 0.3 is 5.97 Å². The van der Waals surface area contributed by atoms with Gasteiger partial charge in [0.15, 0.2) is 0 Å². The van der Waals surface area contributed by atoms with E-state index in [0.29, 0.717) is 0 Å². The summed E-state index contributed by atoms with van der Waals surface area (Å²) in [7, 11) is 0. The average Bonchev–Trinajstić information content (AvgIpc) is 2.52. The zero-order valence-electron chi connectivity index (χ0n) is 13.6. The molecule has 1 aromatic carbocycles. The lowest BCUT2D eigenvalue weighted by atomic mass is 10.1. The third-order valence-electron chi connectivity index (χ3n) is 3.57. The van der Waals surface area contributed by atoms with Crippen LogP contribution in [0.25, 0.3) is 6.08 Å². The van der Waals surface area contributed by atoms with Crippen molar-refractivity contribution < 1.29 is 14.6 Å². The first kappa shape index (κ1) is 18.3. The van der Waals surface area contributed by atoms with Gasteiger partial charge < -0.3 is 9.84 Å². The summed E-state index contributed by atoms with van der Waals surface area (Å²) in [6.07, 6.45) is 13.1. The number of hydrogen-bond donors (Lipinski definition) is 1. The second kappa shape index (κ2) is 11.8. The molecule has 0 saturated carbocycles. The number of carbonyl (C=O) groups is 1. The summed E-state index contributed by atoms with van der Waals surface area (Å²) in [6.45, 7) is 2.99. The van der Waals surface area contributed by atoms with Crippen LogP contribution in [-0.2, 0) is 4.79 Å². The van der Waals surface area contributed by atoms with E-state index in [4.69, 9.17) is 9.84 Å². The van der Waals surface area contributed by atoms with Crippen molar-refractivity contribution in [3.63, 3.8) is 0 Å². The largest absolute Gasteiger partial charge is 0.494 e.